The topological polar surface area (TPSA) is 57.5 Å². The standard InChI is InChI=1S/C15H17NO4/c1-3-8-16-9-7-11-12(15(16)18)5-4-6-13(11)20-10-14(17)19-2/h4-7,9H,3,8,10H2,1-2H3. The van der Waals surface area contributed by atoms with Crippen LogP contribution >= 0.6 is 0 Å². The van der Waals surface area contributed by atoms with Gasteiger partial charge in [0.05, 0.1) is 12.5 Å². The van der Waals surface area contributed by atoms with Crippen molar-refractivity contribution in [3.63, 3.8) is 0 Å². The second kappa shape index (κ2) is 6.23. The number of hydrogen-bond donors (Lipinski definition) is 0. The zero-order valence-electron chi connectivity index (χ0n) is 11.6. The van der Waals surface area contributed by atoms with Crippen molar-refractivity contribution in [3.8, 4) is 5.75 Å². The number of fused-ring (bicyclic) bond motifs is 1. The van der Waals surface area contributed by atoms with E-state index in [0.29, 0.717) is 23.1 Å². The lowest BCUT2D eigenvalue weighted by atomic mass is 10.1. The van der Waals surface area contributed by atoms with Gasteiger partial charge < -0.3 is 14.0 Å². The molecular formula is C15H17NO4. The Labute approximate surface area is 116 Å². The number of aromatic nitrogens is 1. The fraction of sp³-hybridized carbons (Fsp3) is 0.333. The number of aryl methyl sites for hydroxylation is 1. The Balaban J connectivity index is 2.40. The molecule has 0 fully saturated rings. The number of ether oxygens (including phenoxy) is 2. The smallest absolute Gasteiger partial charge is 0.343 e. The quantitative estimate of drug-likeness (QED) is 0.783. The molecule has 1 aromatic carbocycles. The van der Waals surface area contributed by atoms with Gasteiger partial charge >= 0.3 is 5.97 Å². The lowest BCUT2D eigenvalue weighted by Crippen LogP contribution is -2.19. The third kappa shape index (κ3) is 2.82. The highest BCUT2D eigenvalue weighted by Gasteiger charge is 2.09. The third-order valence-electron chi connectivity index (χ3n) is 3.02. The molecule has 0 spiro atoms. The second-order valence-electron chi connectivity index (χ2n) is 4.40. The summed E-state index contributed by atoms with van der Waals surface area (Å²) in [7, 11) is 1.30. The van der Waals surface area contributed by atoms with E-state index in [2.05, 4.69) is 4.74 Å². The summed E-state index contributed by atoms with van der Waals surface area (Å²) in [6.07, 6.45) is 2.64. The van der Waals surface area contributed by atoms with Crippen molar-refractivity contribution < 1.29 is 14.3 Å². The van der Waals surface area contributed by atoms with E-state index in [1.807, 2.05) is 13.0 Å². The minimum absolute atomic E-state index is 0.0483. The van der Waals surface area contributed by atoms with Crippen molar-refractivity contribution in [2.75, 3.05) is 13.7 Å². The van der Waals surface area contributed by atoms with E-state index >= 15 is 0 Å². The maximum atomic E-state index is 12.3. The van der Waals surface area contributed by atoms with Gasteiger partial charge in [0.25, 0.3) is 5.56 Å². The summed E-state index contributed by atoms with van der Waals surface area (Å²) in [6, 6.07) is 7.06. The van der Waals surface area contributed by atoms with Crippen LogP contribution in [0.1, 0.15) is 13.3 Å². The summed E-state index contributed by atoms with van der Waals surface area (Å²) in [4.78, 5) is 23.4. The van der Waals surface area contributed by atoms with E-state index in [1.54, 1.807) is 29.0 Å². The molecule has 0 radical (unpaired) electrons. The van der Waals surface area contributed by atoms with Crippen LogP contribution in [0.25, 0.3) is 10.8 Å². The summed E-state index contributed by atoms with van der Waals surface area (Å²) in [5, 5.41) is 1.29. The van der Waals surface area contributed by atoms with Crippen molar-refractivity contribution in [2.24, 2.45) is 0 Å². The molecule has 5 nitrogen and oxygen atoms in total. The van der Waals surface area contributed by atoms with Crippen molar-refractivity contribution >= 4 is 16.7 Å². The minimum Gasteiger partial charge on any atom is -0.481 e. The zero-order valence-corrected chi connectivity index (χ0v) is 11.6. The Bertz CT molecular complexity index is 675. The van der Waals surface area contributed by atoms with Crippen LogP contribution in [-0.4, -0.2) is 24.3 Å². The molecule has 2 rings (SSSR count). The van der Waals surface area contributed by atoms with Gasteiger partial charge in [-0.05, 0) is 24.6 Å². The van der Waals surface area contributed by atoms with Gasteiger partial charge in [-0.3, -0.25) is 4.79 Å². The van der Waals surface area contributed by atoms with Gasteiger partial charge in [-0.25, -0.2) is 4.79 Å². The van der Waals surface area contributed by atoms with Crippen LogP contribution in [0.4, 0.5) is 0 Å². The predicted octanol–water partition coefficient (Wildman–Crippen LogP) is 1.96. The maximum absolute atomic E-state index is 12.3. The van der Waals surface area contributed by atoms with Crippen molar-refractivity contribution in [1.82, 2.24) is 4.57 Å². The molecule has 0 unspecified atom stereocenters. The van der Waals surface area contributed by atoms with E-state index in [4.69, 9.17) is 4.74 Å². The highest BCUT2D eigenvalue weighted by atomic mass is 16.6. The summed E-state index contributed by atoms with van der Waals surface area (Å²) in [6.45, 7) is 2.53. The predicted molar refractivity (Wildman–Crippen MR) is 76.0 cm³/mol. The van der Waals surface area contributed by atoms with Crippen molar-refractivity contribution in [2.45, 2.75) is 19.9 Å². The molecule has 5 heteroatoms. The van der Waals surface area contributed by atoms with Gasteiger partial charge in [-0.1, -0.05) is 13.0 Å². The number of nitrogens with zero attached hydrogens (tertiary/aromatic N) is 1. The molecule has 0 bridgehead atoms. The Kier molecular flexibility index (Phi) is 4.40. The molecule has 0 aliphatic heterocycles. The molecule has 1 aromatic heterocycles. The summed E-state index contributed by atoms with van der Waals surface area (Å²) in [5.74, 6) is 0.0509. The first-order valence-electron chi connectivity index (χ1n) is 6.49. The molecule has 0 atom stereocenters. The number of esters is 1. The zero-order chi connectivity index (χ0) is 14.5. The molecule has 106 valence electrons. The number of benzene rings is 1. The molecular weight excluding hydrogens is 258 g/mol. The molecule has 2 aromatic rings. The number of methoxy groups -OCH3 is 1. The minimum atomic E-state index is -0.457. The lowest BCUT2D eigenvalue weighted by molar-refractivity contribution is -0.142. The van der Waals surface area contributed by atoms with Crippen LogP contribution in [0, 0.1) is 0 Å². The third-order valence-corrected chi connectivity index (χ3v) is 3.02. The van der Waals surface area contributed by atoms with E-state index < -0.39 is 5.97 Å². The highest BCUT2D eigenvalue weighted by molar-refractivity contribution is 5.87. The largest absolute Gasteiger partial charge is 0.481 e. The normalized spacial score (nSPS) is 10.5. The fourth-order valence-corrected chi connectivity index (χ4v) is 2.03. The van der Waals surface area contributed by atoms with Crippen LogP contribution < -0.4 is 10.3 Å². The summed E-state index contributed by atoms with van der Waals surface area (Å²) < 4.78 is 11.6. The number of carbonyl (C=O) groups excluding carboxylic acids is 1. The number of pyridine rings is 1. The van der Waals surface area contributed by atoms with E-state index in [-0.39, 0.29) is 12.2 Å². The van der Waals surface area contributed by atoms with Crippen LogP contribution in [0.3, 0.4) is 0 Å². The molecule has 0 amide bonds. The van der Waals surface area contributed by atoms with Gasteiger partial charge in [0.15, 0.2) is 6.61 Å². The van der Waals surface area contributed by atoms with Gasteiger partial charge in [-0.2, -0.15) is 0 Å². The second-order valence-corrected chi connectivity index (χ2v) is 4.40. The average Bonchev–Trinajstić information content (AvgIpc) is 2.48. The maximum Gasteiger partial charge on any atom is 0.343 e. The highest BCUT2D eigenvalue weighted by Crippen LogP contribution is 2.23. The lowest BCUT2D eigenvalue weighted by Gasteiger charge is -2.10. The van der Waals surface area contributed by atoms with E-state index in [0.717, 1.165) is 6.42 Å². The van der Waals surface area contributed by atoms with Gasteiger partial charge in [0.2, 0.25) is 0 Å². The monoisotopic (exact) mass is 275 g/mol. The number of rotatable bonds is 5. The SMILES string of the molecule is CCCn1ccc2c(OCC(=O)OC)cccc2c1=O. The van der Waals surface area contributed by atoms with Gasteiger partial charge in [-0.15, -0.1) is 0 Å². The number of hydrogen-bond acceptors (Lipinski definition) is 4. The van der Waals surface area contributed by atoms with Gasteiger partial charge in [0.1, 0.15) is 5.75 Å². The first-order chi connectivity index (χ1) is 9.67. The van der Waals surface area contributed by atoms with Crippen LogP contribution in [0.2, 0.25) is 0 Å². The molecule has 0 aliphatic rings. The van der Waals surface area contributed by atoms with Crippen LogP contribution in [-0.2, 0) is 16.1 Å². The number of carbonyl (C=O) groups is 1. The Morgan fingerprint density at radius 3 is 2.75 bits per heavy atom. The molecule has 0 aliphatic carbocycles. The molecule has 0 saturated heterocycles. The average molecular weight is 275 g/mol. The molecule has 0 saturated carbocycles. The van der Waals surface area contributed by atoms with Crippen LogP contribution in [0.5, 0.6) is 5.75 Å². The first-order valence-corrected chi connectivity index (χ1v) is 6.49. The van der Waals surface area contributed by atoms with E-state index in [9.17, 15) is 9.59 Å². The Morgan fingerprint density at radius 1 is 1.25 bits per heavy atom. The van der Waals surface area contributed by atoms with Crippen molar-refractivity contribution in [3.05, 3.63) is 40.8 Å². The molecule has 1 heterocycles. The Hall–Kier alpha value is -2.30. The fourth-order valence-electron chi connectivity index (χ4n) is 2.03. The summed E-state index contributed by atoms with van der Waals surface area (Å²) in [5.41, 5.74) is -0.0483. The first kappa shape index (κ1) is 14.1. The molecule has 0 N–H and O–H groups in total. The Morgan fingerprint density at radius 2 is 2.05 bits per heavy atom. The van der Waals surface area contributed by atoms with E-state index in [1.165, 1.54) is 7.11 Å². The van der Waals surface area contributed by atoms with Crippen LogP contribution in [0.15, 0.2) is 35.3 Å². The van der Waals surface area contributed by atoms with Gasteiger partial charge in [0, 0.05) is 18.1 Å². The molecule has 20 heavy (non-hydrogen) atoms. The van der Waals surface area contributed by atoms with Crippen molar-refractivity contribution in [1.29, 1.82) is 0 Å². The summed E-state index contributed by atoms with van der Waals surface area (Å²) >= 11 is 0.